The second-order valence-electron chi connectivity index (χ2n) is 4.47. The fraction of sp³-hybridized carbons (Fsp3) is 0.133. The van der Waals surface area contributed by atoms with Crippen LogP contribution in [-0.2, 0) is 4.79 Å². The first-order valence-corrected chi connectivity index (χ1v) is 6.81. The lowest BCUT2D eigenvalue weighted by Gasteiger charge is -2.10. The molecule has 8 heteroatoms. The lowest BCUT2D eigenvalue weighted by atomic mass is 10.2. The Labute approximate surface area is 135 Å². The number of methoxy groups -OCH3 is 1. The van der Waals surface area contributed by atoms with Gasteiger partial charge in [0.2, 0.25) is 5.91 Å². The number of hydrogen-bond donors (Lipinski definition) is 2. The highest BCUT2D eigenvalue weighted by molar-refractivity contribution is 6.32. The number of carbonyl (C=O) groups excluding carboxylic acids is 1. The highest BCUT2D eigenvalue weighted by Crippen LogP contribution is 2.27. The van der Waals surface area contributed by atoms with Gasteiger partial charge in [-0.05, 0) is 30.3 Å². The van der Waals surface area contributed by atoms with Gasteiger partial charge in [0.15, 0.2) is 17.5 Å². The van der Waals surface area contributed by atoms with E-state index >= 15 is 0 Å². The van der Waals surface area contributed by atoms with Crippen LogP contribution in [0.3, 0.4) is 0 Å². The van der Waals surface area contributed by atoms with Crippen LogP contribution in [0.25, 0.3) is 0 Å². The monoisotopic (exact) mass is 344 g/mol. The molecule has 2 N–H and O–H groups in total. The summed E-state index contributed by atoms with van der Waals surface area (Å²) in [6.07, 6.45) is 0. The Kier molecular flexibility index (Phi) is 5.33. The smallest absolute Gasteiger partial charge is 0.243 e. The van der Waals surface area contributed by atoms with Crippen LogP contribution in [0.5, 0.6) is 5.75 Å². The first-order chi connectivity index (χ1) is 10.9. The molecular weight excluding hydrogens is 333 g/mol. The molecule has 0 aromatic heterocycles. The summed E-state index contributed by atoms with van der Waals surface area (Å²) in [6.45, 7) is -0.221. The summed E-state index contributed by atoms with van der Waals surface area (Å²) in [4.78, 5) is 11.7. The molecule has 0 fully saturated rings. The van der Waals surface area contributed by atoms with Crippen molar-refractivity contribution in [3.63, 3.8) is 0 Å². The van der Waals surface area contributed by atoms with Crippen molar-refractivity contribution in [3.05, 3.63) is 52.8 Å². The van der Waals surface area contributed by atoms with Crippen LogP contribution in [0.4, 0.5) is 24.5 Å². The molecule has 23 heavy (non-hydrogen) atoms. The van der Waals surface area contributed by atoms with Gasteiger partial charge < -0.3 is 15.4 Å². The van der Waals surface area contributed by atoms with Crippen molar-refractivity contribution in [3.8, 4) is 5.75 Å². The van der Waals surface area contributed by atoms with Crippen molar-refractivity contribution in [2.75, 3.05) is 24.3 Å². The predicted molar refractivity (Wildman–Crippen MR) is 81.4 cm³/mol. The van der Waals surface area contributed by atoms with E-state index in [1.165, 1.54) is 7.11 Å². The molecule has 0 heterocycles. The number of hydrogen-bond acceptors (Lipinski definition) is 3. The maximum Gasteiger partial charge on any atom is 0.243 e. The van der Waals surface area contributed by atoms with E-state index in [1.54, 1.807) is 18.2 Å². The van der Waals surface area contributed by atoms with Gasteiger partial charge in [0.05, 0.1) is 24.4 Å². The molecule has 2 rings (SSSR count). The summed E-state index contributed by atoms with van der Waals surface area (Å²) in [6, 6.07) is 6.46. The van der Waals surface area contributed by atoms with Crippen molar-refractivity contribution >= 4 is 28.9 Å². The van der Waals surface area contributed by atoms with Gasteiger partial charge in [0.25, 0.3) is 0 Å². The molecule has 0 atom stereocenters. The van der Waals surface area contributed by atoms with Gasteiger partial charge in [0.1, 0.15) is 5.75 Å². The van der Waals surface area contributed by atoms with E-state index in [2.05, 4.69) is 10.6 Å². The molecular formula is C15H12ClF3N2O2. The highest BCUT2D eigenvalue weighted by atomic mass is 35.5. The fourth-order valence-corrected chi connectivity index (χ4v) is 2.03. The summed E-state index contributed by atoms with van der Waals surface area (Å²) >= 11 is 5.94. The lowest BCUT2D eigenvalue weighted by molar-refractivity contribution is -0.114. The van der Waals surface area contributed by atoms with Crippen LogP contribution in [0.1, 0.15) is 0 Å². The summed E-state index contributed by atoms with van der Waals surface area (Å²) in [5.74, 6) is -4.58. The lowest BCUT2D eigenvalue weighted by Crippen LogP contribution is -2.22. The molecule has 0 aliphatic carbocycles. The molecule has 0 spiro atoms. The number of benzene rings is 2. The van der Waals surface area contributed by atoms with E-state index in [-0.39, 0.29) is 6.54 Å². The highest BCUT2D eigenvalue weighted by Gasteiger charge is 2.15. The maximum absolute atomic E-state index is 13.4. The van der Waals surface area contributed by atoms with Crippen molar-refractivity contribution in [2.24, 2.45) is 0 Å². The maximum atomic E-state index is 13.4. The average Bonchev–Trinajstić information content (AvgIpc) is 2.53. The van der Waals surface area contributed by atoms with Crippen molar-refractivity contribution in [1.82, 2.24) is 0 Å². The van der Waals surface area contributed by atoms with E-state index in [0.717, 1.165) is 12.1 Å². The quantitative estimate of drug-likeness (QED) is 0.811. The normalized spacial score (nSPS) is 10.3. The largest absolute Gasteiger partial charge is 0.495 e. The van der Waals surface area contributed by atoms with Crippen molar-refractivity contribution in [2.45, 2.75) is 0 Å². The summed E-state index contributed by atoms with van der Waals surface area (Å²) in [5, 5.41) is 5.26. The number of carbonyl (C=O) groups is 1. The minimum Gasteiger partial charge on any atom is -0.495 e. The molecule has 0 radical (unpaired) electrons. The molecule has 0 aliphatic rings. The Morgan fingerprint density at radius 1 is 1.17 bits per heavy atom. The van der Waals surface area contributed by atoms with Crippen molar-refractivity contribution < 1.29 is 22.7 Å². The Balaban J connectivity index is 1.98. The first-order valence-electron chi connectivity index (χ1n) is 6.43. The minimum atomic E-state index is -1.64. The number of anilines is 2. The number of halogens is 4. The van der Waals surface area contributed by atoms with E-state index < -0.39 is 29.0 Å². The summed E-state index contributed by atoms with van der Waals surface area (Å²) in [5.41, 5.74) is 0.0974. The third-order valence-corrected chi connectivity index (χ3v) is 3.21. The molecule has 0 bridgehead atoms. The molecule has 2 aromatic carbocycles. The predicted octanol–water partition coefficient (Wildman–Crippen LogP) is 3.82. The second-order valence-corrected chi connectivity index (χ2v) is 4.88. The van der Waals surface area contributed by atoms with Gasteiger partial charge in [-0.15, -0.1) is 0 Å². The molecule has 1 amide bonds. The molecule has 0 saturated heterocycles. The SMILES string of the molecule is COc1ccc(NCC(=O)Nc2ccc(F)c(F)c2F)cc1Cl. The van der Waals surface area contributed by atoms with E-state index in [4.69, 9.17) is 16.3 Å². The molecule has 4 nitrogen and oxygen atoms in total. The Morgan fingerprint density at radius 3 is 2.57 bits per heavy atom. The Bertz CT molecular complexity index is 741. The third kappa shape index (κ3) is 4.07. The van der Waals surface area contributed by atoms with Crippen LogP contribution >= 0.6 is 11.6 Å². The summed E-state index contributed by atoms with van der Waals surface area (Å²) < 4.78 is 44.3. The zero-order chi connectivity index (χ0) is 17.0. The van der Waals surface area contributed by atoms with Crippen LogP contribution in [-0.4, -0.2) is 19.6 Å². The number of amides is 1. The number of nitrogens with one attached hydrogen (secondary N) is 2. The van der Waals surface area contributed by atoms with Gasteiger partial charge in [-0.25, -0.2) is 13.2 Å². The zero-order valence-electron chi connectivity index (χ0n) is 11.9. The Morgan fingerprint density at radius 2 is 1.91 bits per heavy atom. The number of ether oxygens (including phenoxy) is 1. The topological polar surface area (TPSA) is 50.4 Å². The van der Waals surface area contributed by atoms with Gasteiger partial charge in [-0.1, -0.05) is 11.6 Å². The molecule has 0 aliphatic heterocycles. The molecule has 2 aromatic rings. The van der Waals surface area contributed by atoms with Crippen LogP contribution < -0.4 is 15.4 Å². The van der Waals surface area contributed by atoms with Crippen LogP contribution in [0, 0.1) is 17.5 Å². The number of rotatable bonds is 5. The molecule has 0 unspecified atom stereocenters. The first kappa shape index (κ1) is 17.0. The van der Waals surface area contributed by atoms with Gasteiger partial charge >= 0.3 is 0 Å². The summed E-state index contributed by atoms with van der Waals surface area (Å²) in [7, 11) is 1.47. The van der Waals surface area contributed by atoms with Crippen LogP contribution in [0.2, 0.25) is 5.02 Å². The van der Waals surface area contributed by atoms with E-state index in [1.807, 2.05) is 0 Å². The van der Waals surface area contributed by atoms with Crippen molar-refractivity contribution in [1.29, 1.82) is 0 Å². The molecule has 122 valence electrons. The van der Waals surface area contributed by atoms with E-state index in [0.29, 0.717) is 16.5 Å². The second kappa shape index (κ2) is 7.23. The van der Waals surface area contributed by atoms with Crippen LogP contribution in [0.15, 0.2) is 30.3 Å². The fourth-order valence-electron chi connectivity index (χ4n) is 1.78. The van der Waals surface area contributed by atoms with Gasteiger partial charge in [-0.3, -0.25) is 4.79 Å². The van der Waals surface area contributed by atoms with E-state index in [9.17, 15) is 18.0 Å². The standard InChI is InChI=1S/C15H12ClF3N2O2/c1-23-12-5-2-8(6-9(12)16)20-7-13(22)21-11-4-3-10(17)14(18)15(11)19/h2-6,20H,7H2,1H3,(H,21,22). The Hall–Kier alpha value is -2.41. The third-order valence-electron chi connectivity index (χ3n) is 2.91. The zero-order valence-corrected chi connectivity index (χ0v) is 12.7. The molecule has 0 saturated carbocycles. The average molecular weight is 345 g/mol. The van der Waals surface area contributed by atoms with Gasteiger partial charge in [-0.2, -0.15) is 0 Å². The van der Waals surface area contributed by atoms with Gasteiger partial charge in [0, 0.05) is 5.69 Å². The minimum absolute atomic E-state index is 0.221.